The Hall–Kier alpha value is -2.83. The highest BCUT2D eigenvalue weighted by atomic mass is 16.5. The minimum absolute atomic E-state index is 0.0462. The van der Waals surface area contributed by atoms with Gasteiger partial charge >= 0.3 is 5.63 Å². The zero-order valence-electron chi connectivity index (χ0n) is 13.7. The minimum Gasteiger partial charge on any atom is -0.550 e. The molecule has 0 aliphatic carbocycles. The number of rotatable bonds is 6. The molecule has 0 saturated carbocycles. The number of carbonyl (C=O) groups excluding carboxylic acids is 2. The normalized spacial score (nSPS) is 10.6. The van der Waals surface area contributed by atoms with E-state index in [0.29, 0.717) is 22.5 Å². The Bertz CT molecular complexity index is 852. The van der Waals surface area contributed by atoms with Gasteiger partial charge in [0.1, 0.15) is 11.3 Å². The van der Waals surface area contributed by atoms with Crippen molar-refractivity contribution in [2.24, 2.45) is 0 Å². The first-order valence-electron chi connectivity index (χ1n) is 7.41. The van der Waals surface area contributed by atoms with E-state index in [1.807, 2.05) is 0 Å². The lowest BCUT2D eigenvalue weighted by Gasteiger charge is -2.12. The molecule has 7 nitrogen and oxygen atoms in total. The Morgan fingerprint density at radius 2 is 1.96 bits per heavy atom. The molecule has 2 aromatic rings. The molecular weight excluding hydrogens is 314 g/mol. The van der Waals surface area contributed by atoms with Crippen LogP contribution < -0.4 is 20.8 Å². The van der Waals surface area contributed by atoms with Crippen LogP contribution in [0.1, 0.15) is 23.1 Å². The molecule has 1 amide bonds. The number of carboxylic acids is 1. The first kappa shape index (κ1) is 17.5. The van der Waals surface area contributed by atoms with E-state index < -0.39 is 17.5 Å². The van der Waals surface area contributed by atoms with Gasteiger partial charge in [0.15, 0.2) is 0 Å². The lowest BCUT2D eigenvalue weighted by molar-refractivity contribution is -0.305. The molecule has 1 N–H and O–H groups in total. The number of amides is 1. The second kappa shape index (κ2) is 7.16. The molecule has 1 aromatic heterocycles. The van der Waals surface area contributed by atoms with E-state index in [0.717, 1.165) is 5.39 Å². The van der Waals surface area contributed by atoms with Gasteiger partial charge in [-0.15, -0.1) is 0 Å². The first-order chi connectivity index (χ1) is 11.3. The number of carboxylic acid groups (broad SMARTS) is 1. The summed E-state index contributed by atoms with van der Waals surface area (Å²) in [5, 5.41) is 13.5. The average Bonchev–Trinajstić information content (AvgIpc) is 2.52. The minimum atomic E-state index is -1.25. The van der Waals surface area contributed by atoms with Crippen LogP contribution in [-0.2, 0) is 16.0 Å². The molecule has 0 aliphatic heterocycles. The number of aryl methyl sites for hydroxylation is 2. The highest BCUT2D eigenvalue weighted by molar-refractivity contribution is 5.87. The number of ether oxygens (including phenoxy) is 1. The second-order valence-corrected chi connectivity index (χ2v) is 5.41. The monoisotopic (exact) mass is 332 g/mol. The molecule has 1 aromatic carbocycles. The van der Waals surface area contributed by atoms with E-state index in [1.54, 1.807) is 26.0 Å². The van der Waals surface area contributed by atoms with Crippen LogP contribution in [0.25, 0.3) is 11.0 Å². The molecule has 1 heterocycles. The topological polar surface area (TPSA) is 109 Å². The third-order valence-corrected chi connectivity index (χ3v) is 3.86. The Labute approximate surface area is 138 Å². The van der Waals surface area contributed by atoms with Crippen LogP contribution in [0.4, 0.5) is 0 Å². The molecule has 2 rings (SSSR count). The molecule has 0 atom stereocenters. The number of carbonyl (C=O) groups is 2. The van der Waals surface area contributed by atoms with Crippen LogP contribution in [0.3, 0.4) is 0 Å². The van der Waals surface area contributed by atoms with E-state index in [9.17, 15) is 19.5 Å². The lowest BCUT2D eigenvalue weighted by atomic mass is 10.0. The molecule has 0 saturated heterocycles. The third kappa shape index (κ3) is 3.56. The van der Waals surface area contributed by atoms with Crippen molar-refractivity contribution in [3.63, 3.8) is 0 Å². The maximum Gasteiger partial charge on any atom is 0.340 e. The summed E-state index contributed by atoms with van der Waals surface area (Å²) in [7, 11) is 1.53. The van der Waals surface area contributed by atoms with Gasteiger partial charge < -0.3 is 24.4 Å². The van der Waals surface area contributed by atoms with Gasteiger partial charge in [0.25, 0.3) is 0 Å². The van der Waals surface area contributed by atoms with Crippen LogP contribution in [0.2, 0.25) is 0 Å². The number of benzene rings is 1. The number of hydrogen-bond donors (Lipinski definition) is 1. The van der Waals surface area contributed by atoms with E-state index in [-0.39, 0.29) is 24.9 Å². The van der Waals surface area contributed by atoms with Gasteiger partial charge in [-0.05, 0) is 31.5 Å². The van der Waals surface area contributed by atoms with Crippen molar-refractivity contribution in [1.82, 2.24) is 5.32 Å². The average molecular weight is 332 g/mol. The standard InChI is InChI=1S/C17H19NO6/c1-9-11-4-5-13(23-3)10(2)16(11)24-17(22)12(9)8-14(19)18-7-6-15(20)21/h4-5H,6-8H2,1-3H3,(H,18,19)(H,20,21)/p-1. The fourth-order valence-corrected chi connectivity index (χ4v) is 2.52. The van der Waals surface area contributed by atoms with Gasteiger partial charge in [-0.1, -0.05) is 0 Å². The number of nitrogens with one attached hydrogen (secondary N) is 1. The van der Waals surface area contributed by atoms with Crippen molar-refractivity contribution < 1.29 is 23.8 Å². The van der Waals surface area contributed by atoms with Crippen LogP contribution >= 0.6 is 0 Å². The van der Waals surface area contributed by atoms with Gasteiger partial charge in [-0.25, -0.2) is 4.79 Å². The highest BCUT2D eigenvalue weighted by Crippen LogP contribution is 2.29. The molecule has 0 spiro atoms. The summed E-state index contributed by atoms with van der Waals surface area (Å²) < 4.78 is 10.6. The number of hydrogen-bond acceptors (Lipinski definition) is 6. The molecular formula is C17H18NO6-. The summed E-state index contributed by atoms with van der Waals surface area (Å²) in [6, 6.07) is 3.55. The summed E-state index contributed by atoms with van der Waals surface area (Å²) >= 11 is 0. The summed E-state index contributed by atoms with van der Waals surface area (Å²) in [6.07, 6.45) is -0.460. The van der Waals surface area contributed by atoms with Crippen molar-refractivity contribution in [3.05, 3.63) is 39.2 Å². The quantitative estimate of drug-likeness (QED) is 0.758. The summed E-state index contributed by atoms with van der Waals surface area (Å²) in [5.41, 5.74) is 1.45. The highest BCUT2D eigenvalue weighted by Gasteiger charge is 2.17. The van der Waals surface area contributed by atoms with Crippen LogP contribution in [0.5, 0.6) is 5.75 Å². The van der Waals surface area contributed by atoms with Crippen LogP contribution in [0.15, 0.2) is 21.3 Å². The Morgan fingerprint density at radius 1 is 1.25 bits per heavy atom. The third-order valence-electron chi connectivity index (χ3n) is 3.86. The Kier molecular flexibility index (Phi) is 5.23. The fourth-order valence-electron chi connectivity index (χ4n) is 2.52. The van der Waals surface area contributed by atoms with E-state index in [4.69, 9.17) is 9.15 Å². The second-order valence-electron chi connectivity index (χ2n) is 5.41. The summed E-state index contributed by atoms with van der Waals surface area (Å²) in [4.78, 5) is 34.4. The van der Waals surface area contributed by atoms with Crippen molar-refractivity contribution in [3.8, 4) is 5.75 Å². The van der Waals surface area contributed by atoms with Gasteiger partial charge in [-0.2, -0.15) is 0 Å². The number of aliphatic carboxylic acids is 1. The SMILES string of the molecule is COc1ccc2c(C)c(CC(=O)NCCC(=O)[O-])c(=O)oc2c1C. The van der Waals surface area contributed by atoms with E-state index >= 15 is 0 Å². The van der Waals surface area contributed by atoms with Gasteiger partial charge in [0, 0.05) is 29.9 Å². The molecule has 0 radical (unpaired) electrons. The maximum atomic E-state index is 12.2. The molecule has 128 valence electrons. The number of fused-ring (bicyclic) bond motifs is 1. The molecule has 24 heavy (non-hydrogen) atoms. The van der Waals surface area contributed by atoms with Crippen LogP contribution in [-0.4, -0.2) is 25.5 Å². The van der Waals surface area contributed by atoms with Crippen molar-refractivity contribution >= 4 is 22.8 Å². The summed E-state index contributed by atoms with van der Waals surface area (Å²) in [6.45, 7) is 3.49. The molecule has 0 bridgehead atoms. The fraction of sp³-hybridized carbons (Fsp3) is 0.353. The zero-order valence-corrected chi connectivity index (χ0v) is 13.7. The van der Waals surface area contributed by atoms with Gasteiger partial charge in [0.05, 0.1) is 19.1 Å². The Morgan fingerprint density at radius 3 is 2.58 bits per heavy atom. The van der Waals surface area contributed by atoms with E-state index in [2.05, 4.69) is 5.32 Å². The van der Waals surface area contributed by atoms with Crippen molar-refractivity contribution in [1.29, 1.82) is 0 Å². The van der Waals surface area contributed by atoms with Crippen LogP contribution in [0, 0.1) is 13.8 Å². The molecule has 0 aliphatic rings. The largest absolute Gasteiger partial charge is 0.550 e. The molecule has 7 heteroatoms. The zero-order chi connectivity index (χ0) is 17.9. The van der Waals surface area contributed by atoms with E-state index in [1.165, 1.54) is 7.11 Å². The van der Waals surface area contributed by atoms with Crippen molar-refractivity contribution in [2.75, 3.05) is 13.7 Å². The predicted octanol–water partition coefficient (Wildman–Crippen LogP) is 0.217. The first-order valence-corrected chi connectivity index (χ1v) is 7.41. The van der Waals surface area contributed by atoms with Gasteiger partial charge in [-0.3, -0.25) is 4.79 Å². The molecule has 0 fully saturated rings. The predicted molar refractivity (Wildman–Crippen MR) is 84.8 cm³/mol. The smallest absolute Gasteiger partial charge is 0.340 e. The number of methoxy groups -OCH3 is 1. The van der Waals surface area contributed by atoms with Crippen molar-refractivity contribution in [2.45, 2.75) is 26.7 Å². The van der Waals surface area contributed by atoms with Gasteiger partial charge in [0.2, 0.25) is 5.91 Å². The lowest BCUT2D eigenvalue weighted by Crippen LogP contribution is -2.32. The molecule has 0 unspecified atom stereocenters. The summed E-state index contributed by atoms with van der Waals surface area (Å²) in [5.74, 6) is -1.09. The Balaban J connectivity index is 2.33. The maximum absolute atomic E-state index is 12.2.